The maximum atomic E-state index is 13.3. The van der Waals surface area contributed by atoms with Gasteiger partial charge < -0.3 is 4.74 Å². The van der Waals surface area contributed by atoms with Gasteiger partial charge in [0.25, 0.3) is 0 Å². The Hall–Kier alpha value is 0.130. The van der Waals surface area contributed by atoms with Crippen molar-refractivity contribution in [3.05, 3.63) is 0 Å². The second kappa shape index (κ2) is 3.89. The van der Waals surface area contributed by atoms with Crippen LogP contribution in [0.1, 0.15) is 19.8 Å². The minimum absolute atomic E-state index is 0.190. The van der Waals surface area contributed by atoms with E-state index in [1.807, 2.05) is 22.6 Å². The molecule has 0 spiro atoms. The largest absolute Gasteiger partial charge is 0.466 e. The van der Waals surface area contributed by atoms with Crippen molar-refractivity contribution < 1.29 is 13.9 Å². The van der Waals surface area contributed by atoms with E-state index in [9.17, 15) is 9.18 Å². The number of carbonyl (C=O) groups excluding carboxylic acids is 1. The van der Waals surface area contributed by atoms with Crippen molar-refractivity contribution in [2.24, 2.45) is 5.92 Å². The van der Waals surface area contributed by atoms with E-state index in [0.29, 0.717) is 23.9 Å². The van der Waals surface area contributed by atoms with Crippen LogP contribution in [0.3, 0.4) is 0 Å². The van der Waals surface area contributed by atoms with Crippen LogP contribution in [0.25, 0.3) is 0 Å². The Bertz CT molecular complexity index is 178. The number of ether oxygens (including phenoxy) is 1. The van der Waals surface area contributed by atoms with Gasteiger partial charge in [0, 0.05) is 4.43 Å². The lowest BCUT2D eigenvalue weighted by Crippen LogP contribution is -2.45. The lowest BCUT2D eigenvalue weighted by molar-refractivity contribution is -0.156. The van der Waals surface area contributed by atoms with Gasteiger partial charge in [0.2, 0.25) is 0 Å². The van der Waals surface area contributed by atoms with Gasteiger partial charge in [-0.15, -0.1) is 0 Å². The van der Waals surface area contributed by atoms with Gasteiger partial charge >= 0.3 is 5.97 Å². The molecular weight excluding hydrogens is 274 g/mol. The van der Waals surface area contributed by atoms with E-state index in [-0.39, 0.29) is 11.9 Å². The van der Waals surface area contributed by atoms with Gasteiger partial charge in [-0.05, 0) is 19.8 Å². The summed E-state index contributed by atoms with van der Waals surface area (Å²) in [6.07, 6.45) is 0.684. The molecule has 0 amide bonds. The number of halogens is 2. The van der Waals surface area contributed by atoms with Crippen molar-refractivity contribution in [2.45, 2.75) is 25.4 Å². The Morgan fingerprint density at radius 1 is 1.75 bits per heavy atom. The Kier molecular flexibility index (Phi) is 3.31. The van der Waals surface area contributed by atoms with Gasteiger partial charge in [0.1, 0.15) is 5.67 Å². The minimum Gasteiger partial charge on any atom is -0.466 e. The fourth-order valence-electron chi connectivity index (χ4n) is 1.36. The summed E-state index contributed by atoms with van der Waals surface area (Å²) in [6.45, 7) is 2.15. The van der Waals surface area contributed by atoms with Crippen molar-refractivity contribution in [3.8, 4) is 0 Å². The Morgan fingerprint density at radius 3 is 2.75 bits per heavy atom. The molecule has 1 aliphatic rings. The molecule has 0 atom stereocenters. The molecule has 0 N–H and O–H groups in total. The number of rotatable bonds is 3. The molecule has 1 aliphatic carbocycles. The summed E-state index contributed by atoms with van der Waals surface area (Å²) in [5.41, 5.74) is -1.10. The molecule has 0 aromatic heterocycles. The van der Waals surface area contributed by atoms with E-state index in [0.717, 1.165) is 0 Å². The van der Waals surface area contributed by atoms with E-state index in [1.165, 1.54) is 0 Å². The first-order valence-corrected chi connectivity index (χ1v) is 5.55. The SMILES string of the molecule is CCOC(=O)C1CC(F)(CI)C1. The highest BCUT2D eigenvalue weighted by molar-refractivity contribution is 14.1. The molecule has 0 heterocycles. The van der Waals surface area contributed by atoms with Gasteiger partial charge in [-0.25, -0.2) is 4.39 Å². The lowest BCUT2D eigenvalue weighted by atomic mass is 9.73. The predicted molar refractivity (Wildman–Crippen MR) is 52.1 cm³/mol. The molecule has 1 saturated carbocycles. The van der Waals surface area contributed by atoms with Gasteiger partial charge in [0.05, 0.1) is 12.5 Å². The predicted octanol–water partition coefficient (Wildman–Crippen LogP) is 2.10. The van der Waals surface area contributed by atoms with Crippen molar-refractivity contribution in [1.82, 2.24) is 0 Å². The van der Waals surface area contributed by atoms with Crippen LogP contribution in [0.5, 0.6) is 0 Å². The van der Waals surface area contributed by atoms with Crippen LogP contribution in [0.15, 0.2) is 0 Å². The lowest BCUT2D eigenvalue weighted by Gasteiger charge is -2.38. The number of hydrogen-bond donors (Lipinski definition) is 0. The number of esters is 1. The van der Waals surface area contributed by atoms with Gasteiger partial charge in [-0.1, -0.05) is 22.6 Å². The number of carbonyl (C=O) groups is 1. The van der Waals surface area contributed by atoms with Crippen LogP contribution in [0, 0.1) is 5.92 Å². The summed E-state index contributed by atoms with van der Waals surface area (Å²) in [4.78, 5) is 11.0. The number of alkyl halides is 2. The molecule has 1 rings (SSSR count). The van der Waals surface area contributed by atoms with Crippen molar-refractivity contribution in [2.75, 3.05) is 11.0 Å². The summed E-state index contributed by atoms with van der Waals surface area (Å²) >= 11 is 2.01. The molecule has 0 unspecified atom stereocenters. The second-order valence-corrected chi connectivity index (χ2v) is 3.90. The fourth-order valence-corrected chi connectivity index (χ4v) is 1.98. The molecule has 0 saturated heterocycles. The third kappa shape index (κ3) is 2.08. The topological polar surface area (TPSA) is 26.3 Å². The van der Waals surface area contributed by atoms with Crippen molar-refractivity contribution in [3.63, 3.8) is 0 Å². The normalized spacial score (nSPS) is 34.1. The summed E-state index contributed by atoms with van der Waals surface area (Å²) in [6, 6.07) is 0. The Morgan fingerprint density at radius 2 is 2.33 bits per heavy atom. The Labute approximate surface area is 85.0 Å². The molecule has 12 heavy (non-hydrogen) atoms. The highest BCUT2D eigenvalue weighted by Gasteiger charge is 2.47. The zero-order chi connectivity index (χ0) is 9.19. The first-order chi connectivity index (χ1) is 5.61. The quantitative estimate of drug-likeness (QED) is 0.451. The maximum absolute atomic E-state index is 13.3. The average molecular weight is 286 g/mol. The van der Waals surface area contributed by atoms with E-state index < -0.39 is 5.67 Å². The first kappa shape index (κ1) is 10.2. The molecule has 1 fully saturated rings. The zero-order valence-corrected chi connectivity index (χ0v) is 9.14. The van der Waals surface area contributed by atoms with Crippen LogP contribution in [-0.4, -0.2) is 22.7 Å². The fraction of sp³-hybridized carbons (Fsp3) is 0.875. The third-order valence-corrected chi connectivity index (χ3v) is 3.45. The van der Waals surface area contributed by atoms with Crippen molar-refractivity contribution in [1.29, 1.82) is 0 Å². The molecule has 0 aliphatic heterocycles. The van der Waals surface area contributed by atoms with E-state index in [2.05, 4.69) is 0 Å². The van der Waals surface area contributed by atoms with E-state index in [1.54, 1.807) is 6.92 Å². The molecule has 0 aromatic carbocycles. The van der Waals surface area contributed by atoms with Crippen LogP contribution in [0.4, 0.5) is 4.39 Å². The van der Waals surface area contributed by atoms with Crippen molar-refractivity contribution >= 4 is 28.6 Å². The van der Waals surface area contributed by atoms with Crippen LogP contribution < -0.4 is 0 Å². The highest BCUT2D eigenvalue weighted by atomic mass is 127. The van der Waals surface area contributed by atoms with Gasteiger partial charge in [-0.3, -0.25) is 4.79 Å². The van der Waals surface area contributed by atoms with Gasteiger partial charge in [-0.2, -0.15) is 0 Å². The summed E-state index contributed by atoms with van der Waals surface area (Å²) in [5.74, 6) is -0.430. The number of hydrogen-bond acceptors (Lipinski definition) is 2. The monoisotopic (exact) mass is 286 g/mol. The second-order valence-electron chi connectivity index (χ2n) is 3.14. The van der Waals surface area contributed by atoms with E-state index >= 15 is 0 Å². The first-order valence-electron chi connectivity index (χ1n) is 4.03. The summed E-state index contributed by atoms with van der Waals surface area (Å²) in [5, 5.41) is 0. The average Bonchev–Trinajstić information content (AvgIpc) is 1.99. The minimum atomic E-state index is -1.10. The molecule has 2 nitrogen and oxygen atoms in total. The highest BCUT2D eigenvalue weighted by Crippen LogP contribution is 2.43. The molecule has 70 valence electrons. The molecule has 4 heteroatoms. The molecular formula is C8H12FIO2. The smallest absolute Gasteiger partial charge is 0.309 e. The third-order valence-electron chi connectivity index (χ3n) is 2.08. The van der Waals surface area contributed by atoms with Crippen LogP contribution >= 0.6 is 22.6 Å². The summed E-state index contributed by atoms with van der Waals surface area (Å²) in [7, 11) is 0. The molecule has 0 bridgehead atoms. The summed E-state index contributed by atoms with van der Waals surface area (Å²) < 4.78 is 18.5. The van der Waals surface area contributed by atoms with Crippen LogP contribution in [0.2, 0.25) is 0 Å². The zero-order valence-electron chi connectivity index (χ0n) is 6.98. The van der Waals surface area contributed by atoms with Gasteiger partial charge in [0.15, 0.2) is 0 Å². The standard InChI is InChI=1S/C8H12FIO2/c1-2-12-7(11)6-3-8(9,4-6)5-10/h6H,2-5H2,1H3. The molecule has 0 aromatic rings. The Balaban J connectivity index is 2.29. The van der Waals surface area contributed by atoms with E-state index in [4.69, 9.17) is 4.74 Å². The molecule has 0 radical (unpaired) electrons. The maximum Gasteiger partial charge on any atom is 0.309 e. The van der Waals surface area contributed by atoms with Crippen LogP contribution in [-0.2, 0) is 9.53 Å².